The van der Waals surface area contributed by atoms with Gasteiger partial charge >= 0.3 is 12.1 Å². The highest BCUT2D eigenvalue weighted by molar-refractivity contribution is 7.98. The monoisotopic (exact) mass is 484 g/mol. The van der Waals surface area contributed by atoms with Gasteiger partial charge in [-0.3, -0.25) is 4.79 Å². The average Bonchev–Trinajstić information content (AvgIpc) is 3.18. The summed E-state index contributed by atoms with van der Waals surface area (Å²) in [6.07, 6.45) is 1.58. The molecule has 1 aliphatic heterocycles. The maximum Gasteiger partial charge on any atom is 0.407 e. The van der Waals surface area contributed by atoms with Crippen LogP contribution in [0.25, 0.3) is 11.1 Å². The van der Waals surface area contributed by atoms with Gasteiger partial charge in [0.05, 0.1) is 13.2 Å². The quantitative estimate of drug-likeness (QED) is 0.594. The fourth-order valence-corrected chi connectivity index (χ4v) is 5.02. The molecule has 180 valence electrons. The van der Waals surface area contributed by atoms with Crippen LogP contribution in [0.3, 0.4) is 0 Å². The number of nitrogens with zero attached hydrogens (tertiary/aromatic N) is 1. The number of nitrogens with one attached hydrogen (secondary N) is 1. The second kappa shape index (κ2) is 10.9. The van der Waals surface area contributed by atoms with Gasteiger partial charge < -0.3 is 24.8 Å². The Kier molecular flexibility index (Phi) is 7.74. The summed E-state index contributed by atoms with van der Waals surface area (Å²) in [5.41, 5.74) is 4.47. The van der Waals surface area contributed by atoms with Crippen molar-refractivity contribution in [2.45, 2.75) is 24.4 Å². The fourth-order valence-electron chi connectivity index (χ4n) is 4.55. The lowest BCUT2D eigenvalue weighted by molar-refractivity contribution is -0.159. The first-order chi connectivity index (χ1) is 16.5. The Bertz CT molecular complexity index is 1020. The Balaban J connectivity index is 1.44. The fraction of sp³-hybridized carbons (Fsp3) is 0.400. The standard InChI is InChI=1S/C25H28N2O6S/c1-34-13-10-21(23(28)27-11-12-32-15-22(27)24(29)30)26-25(31)33-14-20-18-8-4-2-6-16(18)17-7-3-5-9-19(17)20/h2-9,20-22H,10-15H2,1H3,(H,26,31)(H,29,30)/t21-,22?/m0/s1. The lowest BCUT2D eigenvalue weighted by Gasteiger charge is -2.35. The van der Waals surface area contributed by atoms with Crippen molar-refractivity contribution in [3.8, 4) is 11.1 Å². The number of aliphatic carboxylic acids is 1. The number of carbonyl (C=O) groups excluding carboxylic acids is 2. The molecule has 1 aliphatic carbocycles. The molecule has 0 aromatic heterocycles. The van der Waals surface area contributed by atoms with Gasteiger partial charge in [0.2, 0.25) is 5.91 Å². The number of hydrogen-bond donors (Lipinski definition) is 2. The molecule has 0 radical (unpaired) electrons. The number of fused-ring (bicyclic) bond motifs is 3. The first-order valence-electron chi connectivity index (χ1n) is 11.2. The van der Waals surface area contributed by atoms with Crippen molar-refractivity contribution in [2.24, 2.45) is 0 Å². The molecule has 2 aliphatic rings. The number of hydrogen-bond acceptors (Lipinski definition) is 6. The van der Waals surface area contributed by atoms with E-state index < -0.39 is 30.1 Å². The Hall–Kier alpha value is -3.04. The molecule has 2 aromatic carbocycles. The number of benzene rings is 2. The topological polar surface area (TPSA) is 105 Å². The third kappa shape index (κ3) is 5.05. The van der Waals surface area contributed by atoms with Gasteiger partial charge in [0, 0.05) is 12.5 Å². The summed E-state index contributed by atoms with van der Waals surface area (Å²) in [6, 6.07) is 14.2. The van der Waals surface area contributed by atoms with Crippen LogP contribution in [0.1, 0.15) is 23.5 Å². The Labute approximate surface area is 202 Å². The minimum absolute atomic E-state index is 0.0682. The summed E-state index contributed by atoms with van der Waals surface area (Å²) in [6.45, 7) is 0.494. The van der Waals surface area contributed by atoms with Gasteiger partial charge in [0.25, 0.3) is 0 Å². The summed E-state index contributed by atoms with van der Waals surface area (Å²) in [5.74, 6) is -1.02. The third-order valence-electron chi connectivity index (χ3n) is 6.24. The molecule has 0 spiro atoms. The highest BCUT2D eigenvalue weighted by atomic mass is 32.2. The van der Waals surface area contributed by atoms with Crippen LogP contribution in [-0.2, 0) is 19.1 Å². The maximum absolute atomic E-state index is 13.2. The lowest BCUT2D eigenvalue weighted by Crippen LogP contribution is -2.58. The van der Waals surface area contributed by atoms with E-state index in [1.54, 1.807) is 11.8 Å². The normalized spacial score (nSPS) is 18.0. The number of ether oxygens (including phenoxy) is 2. The van der Waals surface area contributed by atoms with Crippen molar-refractivity contribution < 1.29 is 29.0 Å². The van der Waals surface area contributed by atoms with Crippen LogP contribution in [0.15, 0.2) is 48.5 Å². The predicted octanol–water partition coefficient (Wildman–Crippen LogP) is 2.96. The van der Waals surface area contributed by atoms with Crippen molar-refractivity contribution in [1.82, 2.24) is 10.2 Å². The second-order valence-electron chi connectivity index (χ2n) is 8.26. The van der Waals surface area contributed by atoms with E-state index in [-0.39, 0.29) is 32.3 Å². The third-order valence-corrected chi connectivity index (χ3v) is 6.89. The molecule has 2 atom stereocenters. The number of alkyl carbamates (subject to hydrolysis) is 1. The van der Waals surface area contributed by atoms with E-state index in [0.717, 1.165) is 22.3 Å². The zero-order chi connectivity index (χ0) is 24.1. The Morgan fingerprint density at radius 1 is 1.15 bits per heavy atom. The number of amides is 2. The summed E-state index contributed by atoms with van der Waals surface area (Å²) in [4.78, 5) is 38.8. The van der Waals surface area contributed by atoms with Crippen molar-refractivity contribution in [3.05, 3.63) is 59.7 Å². The summed E-state index contributed by atoms with van der Waals surface area (Å²) < 4.78 is 10.8. The molecule has 2 amide bonds. The zero-order valence-electron chi connectivity index (χ0n) is 18.9. The smallest absolute Gasteiger partial charge is 0.407 e. The van der Waals surface area contributed by atoms with E-state index >= 15 is 0 Å². The molecule has 2 N–H and O–H groups in total. The predicted molar refractivity (Wildman–Crippen MR) is 129 cm³/mol. The van der Waals surface area contributed by atoms with Crippen LogP contribution in [-0.4, -0.2) is 78.4 Å². The largest absolute Gasteiger partial charge is 0.480 e. The molecule has 8 nitrogen and oxygen atoms in total. The van der Waals surface area contributed by atoms with Gasteiger partial charge in [-0.15, -0.1) is 0 Å². The van der Waals surface area contributed by atoms with Crippen LogP contribution in [0.4, 0.5) is 4.79 Å². The number of carboxylic acid groups (broad SMARTS) is 1. The SMILES string of the molecule is CSCC[C@H](NC(=O)OCC1c2ccccc2-c2ccccc21)C(=O)N1CCOCC1C(=O)O. The van der Waals surface area contributed by atoms with Crippen molar-refractivity contribution in [1.29, 1.82) is 0 Å². The van der Waals surface area contributed by atoms with E-state index in [0.29, 0.717) is 12.2 Å². The summed E-state index contributed by atoms with van der Waals surface area (Å²) in [7, 11) is 0. The maximum atomic E-state index is 13.2. The molecule has 0 saturated carbocycles. The molecular weight excluding hydrogens is 456 g/mol. The summed E-state index contributed by atoms with van der Waals surface area (Å²) in [5, 5.41) is 12.2. The average molecular weight is 485 g/mol. The molecule has 1 saturated heterocycles. The van der Waals surface area contributed by atoms with E-state index in [4.69, 9.17) is 9.47 Å². The molecule has 4 rings (SSSR count). The molecule has 34 heavy (non-hydrogen) atoms. The number of carboxylic acids is 1. The first-order valence-corrected chi connectivity index (χ1v) is 12.6. The highest BCUT2D eigenvalue weighted by Crippen LogP contribution is 2.44. The minimum atomic E-state index is -1.13. The van der Waals surface area contributed by atoms with Crippen LogP contribution >= 0.6 is 11.8 Å². The molecule has 1 unspecified atom stereocenters. The van der Waals surface area contributed by atoms with E-state index in [2.05, 4.69) is 17.4 Å². The van der Waals surface area contributed by atoms with E-state index in [1.165, 1.54) is 4.90 Å². The highest BCUT2D eigenvalue weighted by Gasteiger charge is 2.37. The summed E-state index contributed by atoms with van der Waals surface area (Å²) >= 11 is 1.54. The second-order valence-corrected chi connectivity index (χ2v) is 9.25. The molecule has 9 heteroatoms. The van der Waals surface area contributed by atoms with Gasteiger partial charge in [0.1, 0.15) is 12.6 Å². The van der Waals surface area contributed by atoms with Crippen LogP contribution in [0, 0.1) is 0 Å². The number of morpholine rings is 1. The van der Waals surface area contributed by atoms with Gasteiger partial charge in [0.15, 0.2) is 6.04 Å². The molecule has 2 aromatic rings. The molecular formula is C25H28N2O6S. The molecule has 0 bridgehead atoms. The van der Waals surface area contributed by atoms with Gasteiger partial charge in [-0.05, 0) is 40.7 Å². The van der Waals surface area contributed by atoms with Gasteiger partial charge in [-0.1, -0.05) is 48.5 Å². The first kappa shape index (κ1) is 24.1. The van der Waals surface area contributed by atoms with Crippen molar-refractivity contribution >= 4 is 29.7 Å². The van der Waals surface area contributed by atoms with Crippen LogP contribution in [0.5, 0.6) is 0 Å². The van der Waals surface area contributed by atoms with Crippen LogP contribution < -0.4 is 5.32 Å². The lowest BCUT2D eigenvalue weighted by atomic mass is 9.98. The number of carbonyl (C=O) groups is 3. The Morgan fingerprint density at radius 2 is 1.79 bits per heavy atom. The van der Waals surface area contributed by atoms with E-state index in [9.17, 15) is 19.5 Å². The van der Waals surface area contributed by atoms with Crippen LogP contribution in [0.2, 0.25) is 0 Å². The number of rotatable bonds is 8. The van der Waals surface area contributed by atoms with Crippen molar-refractivity contribution in [3.63, 3.8) is 0 Å². The molecule has 1 heterocycles. The van der Waals surface area contributed by atoms with E-state index in [1.807, 2.05) is 42.7 Å². The Morgan fingerprint density at radius 3 is 2.41 bits per heavy atom. The number of thioether (sulfide) groups is 1. The minimum Gasteiger partial charge on any atom is -0.480 e. The van der Waals surface area contributed by atoms with Gasteiger partial charge in [-0.25, -0.2) is 9.59 Å². The van der Waals surface area contributed by atoms with Crippen molar-refractivity contribution in [2.75, 3.05) is 38.4 Å². The zero-order valence-corrected chi connectivity index (χ0v) is 19.8. The van der Waals surface area contributed by atoms with Gasteiger partial charge in [-0.2, -0.15) is 11.8 Å². The molecule has 1 fully saturated rings.